The first-order chi connectivity index (χ1) is 20.9. The number of likely N-dealkylation sites (N-methyl/N-ethyl adjacent to an activating group) is 1. The molecule has 0 aromatic heterocycles. The molecule has 19 heteroatoms. The molecule has 2 heterocycles. The Labute approximate surface area is 255 Å². The predicted octanol–water partition coefficient (Wildman–Crippen LogP) is -3.32. The fourth-order valence-corrected chi connectivity index (χ4v) is 4.79. The Kier molecular flexibility index (Phi) is 10.3. The highest BCUT2D eigenvalue weighted by Crippen LogP contribution is 2.42. The molecule has 2 saturated heterocycles. The first-order valence-corrected chi connectivity index (χ1v) is 13.3. The number of carbonyl (C=O) groups is 3. The molecule has 0 saturated carbocycles. The van der Waals surface area contributed by atoms with E-state index in [4.69, 9.17) is 4.74 Å². The van der Waals surface area contributed by atoms with Crippen molar-refractivity contribution in [3.63, 3.8) is 0 Å². The number of phenols is 3. The fraction of sp³-hybridized carbons (Fsp3) is 0.423. The maximum Gasteiger partial charge on any atom is 0.259 e. The number of halogens is 1. The van der Waals surface area contributed by atoms with Crippen molar-refractivity contribution < 1.29 is 69.5 Å². The topological polar surface area (TPSA) is 273 Å². The molecule has 1 aromatic carbocycles. The van der Waals surface area contributed by atoms with Crippen LogP contribution in [0.4, 0.5) is 4.39 Å². The molecular weight excluding hydrogens is 606 g/mol. The number of aliphatic hydroxyl groups excluding tert-OH is 3. The monoisotopic (exact) mass is 640 g/mol. The van der Waals surface area contributed by atoms with Crippen molar-refractivity contribution >= 4 is 25.9 Å². The number of morpholine rings is 1. The van der Waals surface area contributed by atoms with Gasteiger partial charge in [0.25, 0.3) is 5.91 Å². The molecule has 2 amide bonds. The molecule has 2 unspecified atom stereocenters. The molecule has 0 radical (unpaired) electrons. The van der Waals surface area contributed by atoms with Crippen LogP contribution in [0.15, 0.2) is 35.1 Å². The van der Waals surface area contributed by atoms with Crippen LogP contribution in [0.25, 0.3) is 0 Å². The van der Waals surface area contributed by atoms with Crippen molar-refractivity contribution in [3.05, 3.63) is 52.1 Å². The summed E-state index contributed by atoms with van der Waals surface area (Å²) >= 11 is 0. The summed E-state index contributed by atoms with van der Waals surface area (Å²) in [7, 11) is 1.67. The zero-order valence-corrected chi connectivity index (χ0v) is 24.2. The molecular formula is C26H34BFN4O13. The van der Waals surface area contributed by atoms with Crippen LogP contribution in [0.1, 0.15) is 11.1 Å². The number of hydrogen-bond donors (Lipinski definition) is 11. The Balaban J connectivity index is 2.08. The number of amides is 2. The summed E-state index contributed by atoms with van der Waals surface area (Å²) < 4.78 is 20.2. The first-order valence-electron chi connectivity index (χ1n) is 13.3. The average molecular weight is 640 g/mol. The third-order valence-electron chi connectivity index (χ3n) is 7.54. The third kappa shape index (κ3) is 6.47. The van der Waals surface area contributed by atoms with Gasteiger partial charge in [-0.3, -0.25) is 14.5 Å². The quantitative estimate of drug-likeness (QED) is 0.0215. The van der Waals surface area contributed by atoms with Gasteiger partial charge in [-0.2, -0.15) is 0 Å². The molecule has 45 heavy (non-hydrogen) atoms. The largest absolute Gasteiger partial charge is 0.507 e. The maximum absolute atomic E-state index is 15.0. The van der Waals surface area contributed by atoms with E-state index >= 15 is 4.39 Å². The van der Waals surface area contributed by atoms with Crippen molar-refractivity contribution in [1.82, 2.24) is 20.4 Å². The number of aromatic hydroxyl groups is 3. The lowest BCUT2D eigenvalue weighted by atomic mass is 9.72. The van der Waals surface area contributed by atoms with Crippen LogP contribution >= 0.6 is 0 Å². The number of ether oxygens (including phenoxy) is 1. The highest BCUT2D eigenvalue weighted by molar-refractivity contribution is 6.24. The van der Waals surface area contributed by atoms with Crippen molar-refractivity contribution in [3.8, 4) is 17.2 Å². The van der Waals surface area contributed by atoms with E-state index in [1.165, 1.54) is 0 Å². The number of rotatable bonds is 11. The van der Waals surface area contributed by atoms with Crippen molar-refractivity contribution in [1.29, 1.82) is 0 Å². The van der Waals surface area contributed by atoms with Gasteiger partial charge in [0.1, 0.15) is 17.5 Å². The van der Waals surface area contributed by atoms with Gasteiger partial charge in [-0.25, -0.2) is 4.39 Å². The van der Waals surface area contributed by atoms with Crippen molar-refractivity contribution in [2.75, 3.05) is 39.9 Å². The number of nitrogens with one attached hydrogen (secondary N) is 2. The molecule has 17 nitrogen and oxygen atoms in total. The Morgan fingerprint density at radius 2 is 1.71 bits per heavy atom. The standard InChI is InChI=1S/C26H34BFN4O13/c1-11(34)17(35)15-13(9-32(24(15)41)21(23(40)29-2)26(43,44)25(27,42)10-33)22(39)30-7-12-16(28)20(38)19(37)14(18(12)36)8-31-3-5-45-6-4-31/h10,21,30,34-39,42-44H,1,3-9,27H2,2H3,(H,29,40)/b17-15-,22-13-. The van der Waals surface area contributed by atoms with Gasteiger partial charge >= 0.3 is 0 Å². The maximum atomic E-state index is 15.0. The van der Waals surface area contributed by atoms with E-state index in [1.807, 2.05) is 5.32 Å². The van der Waals surface area contributed by atoms with E-state index in [0.717, 1.165) is 7.05 Å². The third-order valence-corrected chi connectivity index (χ3v) is 7.54. The summed E-state index contributed by atoms with van der Waals surface area (Å²) in [4.78, 5) is 39.7. The summed E-state index contributed by atoms with van der Waals surface area (Å²) in [6.45, 7) is 2.71. The molecule has 2 atom stereocenters. The minimum atomic E-state index is -3.66. The van der Waals surface area contributed by atoms with Crippen LogP contribution in [-0.4, -0.2) is 139 Å². The van der Waals surface area contributed by atoms with Gasteiger partial charge in [0.2, 0.25) is 11.7 Å². The smallest absolute Gasteiger partial charge is 0.259 e. The van der Waals surface area contributed by atoms with Crippen LogP contribution in [0.3, 0.4) is 0 Å². The molecule has 0 bridgehead atoms. The van der Waals surface area contributed by atoms with Crippen LogP contribution in [0.5, 0.6) is 17.2 Å². The van der Waals surface area contributed by atoms with Gasteiger partial charge in [-0.1, -0.05) is 6.58 Å². The van der Waals surface area contributed by atoms with Gasteiger partial charge in [-0.05, 0) is 0 Å². The van der Waals surface area contributed by atoms with Gasteiger partial charge in [0, 0.05) is 38.8 Å². The van der Waals surface area contributed by atoms with Crippen molar-refractivity contribution in [2.24, 2.45) is 0 Å². The molecule has 3 rings (SSSR count). The summed E-state index contributed by atoms with van der Waals surface area (Å²) in [5, 5.41) is 98.5. The highest BCUT2D eigenvalue weighted by Gasteiger charge is 2.58. The molecule has 11 N–H and O–H groups in total. The summed E-state index contributed by atoms with van der Waals surface area (Å²) in [5.41, 5.74) is -5.47. The second kappa shape index (κ2) is 13.2. The van der Waals surface area contributed by atoms with E-state index in [-0.39, 0.29) is 18.4 Å². The lowest BCUT2D eigenvalue weighted by Crippen LogP contribution is -2.71. The minimum absolute atomic E-state index is 0.118. The molecule has 0 spiro atoms. The van der Waals surface area contributed by atoms with E-state index in [0.29, 0.717) is 39.0 Å². The van der Waals surface area contributed by atoms with Gasteiger partial charge < -0.3 is 71.0 Å². The van der Waals surface area contributed by atoms with Crippen LogP contribution < -0.4 is 10.6 Å². The van der Waals surface area contributed by atoms with E-state index in [9.17, 15) is 60.3 Å². The normalized spacial score (nSPS) is 20.3. The SMILES string of the molecule is BC(O)(C=O)C(O)(O)C(C(=O)NC)N1CC(=C(/O)NCc2c(O)c(CN3CCOCC3)c(O)c(O)c2F)/C(=C(/O)C(=C)O)C1=O. The molecule has 0 aliphatic carbocycles. The van der Waals surface area contributed by atoms with Gasteiger partial charge in [0.15, 0.2) is 48.6 Å². The number of likely N-dealkylation sites (tertiary alicyclic amines) is 1. The number of phenolic OH excluding ortho intramolecular Hbond substituents is 3. The first kappa shape index (κ1) is 34.9. The van der Waals surface area contributed by atoms with E-state index in [1.54, 1.807) is 4.90 Å². The highest BCUT2D eigenvalue weighted by atomic mass is 19.1. The molecule has 2 aliphatic rings. The molecule has 1 aromatic rings. The number of aliphatic hydroxyl groups is 6. The van der Waals surface area contributed by atoms with Crippen LogP contribution in [0, 0.1) is 5.82 Å². The summed E-state index contributed by atoms with van der Waals surface area (Å²) in [6, 6.07) is -2.46. The molecule has 2 aliphatic heterocycles. The molecule has 2 fully saturated rings. The summed E-state index contributed by atoms with van der Waals surface area (Å²) in [6.07, 6.45) is -0.301. The van der Waals surface area contributed by atoms with Gasteiger partial charge in [-0.15, -0.1) is 0 Å². The number of benzene rings is 1. The minimum Gasteiger partial charge on any atom is -0.507 e. The van der Waals surface area contributed by atoms with Gasteiger partial charge in [0.05, 0.1) is 36.5 Å². The number of nitrogens with zero attached hydrogens (tertiary/aromatic N) is 2. The van der Waals surface area contributed by atoms with Crippen molar-refractivity contribution in [2.45, 2.75) is 30.4 Å². The van der Waals surface area contributed by atoms with E-state index < -0.39 is 99.4 Å². The average Bonchev–Trinajstić information content (AvgIpc) is 3.33. The number of aldehydes is 1. The lowest BCUT2D eigenvalue weighted by molar-refractivity contribution is -0.257. The van der Waals surface area contributed by atoms with Crippen LogP contribution in [0.2, 0.25) is 0 Å². The second-order valence-corrected chi connectivity index (χ2v) is 10.5. The zero-order chi connectivity index (χ0) is 34.0. The number of hydrogen-bond acceptors (Lipinski definition) is 15. The Morgan fingerprint density at radius 1 is 1.11 bits per heavy atom. The summed E-state index contributed by atoms with van der Waals surface area (Å²) in [5.74, 6) is -14.1. The Hall–Kier alpha value is -4.56. The fourth-order valence-electron chi connectivity index (χ4n) is 4.79. The number of carbonyl (C=O) groups excluding carboxylic acids is 3. The Morgan fingerprint density at radius 3 is 2.24 bits per heavy atom. The zero-order valence-electron chi connectivity index (χ0n) is 24.2. The second-order valence-electron chi connectivity index (χ2n) is 10.5. The predicted molar refractivity (Wildman–Crippen MR) is 152 cm³/mol. The van der Waals surface area contributed by atoms with E-state index in [2.05, 4.69) is 11.9 Å². The lowest BCUT2D eigenvalue weighted by Gasteiger charge is -2.41. The molecule has 246 valence electrons. The van der Waals surface area contributed by atoms with Crippen LogP contribution in [-0.2, 0) is 32.2 Å². The Bertz CT molecular complexity index is 1460.